The molecule has 0 bridgehead atoms. The molecule has 0 aliphatic carbocycles. The summed E-state index contributed by atoms with van der Waals surface area (Å²) in [5.74, 6) is 3.58. The van der Waals surface area contributed by atoms with E-state index >= 15 is 0 Å². The molecule has 4 rings (SSSR count). The third-order valence-electron chi connectivity index (χ3n) is 4.11. The Morgan fingerprint density at radius 1 is 0.818 bits per heavy atom. The fraction of sp³-hybridized carbons (Fsp3) is 0.294. The van der Waals surface area contributed by atoms with Crippen LogP contribution in [0.15, 0.2) is 18.2 Å². The Balaban J connectivity index is 2.03. The first-order valence-electron chi connectivity index (χ1n) is 7.01. The van der Waals surface area contributed by atoms with Crippen LogP contribution in [-0.4, -0.2) is 21.3 Å². The molecule has 0 N–H and O–H groups in total. The van der Waals surface area contributed by atoms with Crippen molar-refractivity contribution in [3.8, 4) is 39.9 Å². The summed E-state index contributed by atoms with van der Waals surface area (Å²) in [5.41, 5.74) is 4.17. The lowest BCUT2D eigenvalue weighted by molar-refractivity contribution is 0.257. The van der Waals surface area contributed by atoms with Crippen molar-refractivity contribution in [3.63, 3.8) is 0 Å². The van der Waals surface area contributed by atoms with Crippen molar-refractivity contribution in [3.05, 3.63) is 29.3 Å². The van der Waals surface area contributed by atoms with Crippen LogP contribution in [0.25, 0.3) is 11.1 Å². The lowest BCUT2D eigenvalue weighted by Crippen LogP contribution is -2.15. The third-order valence-corrected chi connectivity index (χ3v) is 4.11. The van der Waals surface area contributed by atoms with Gasteiger partial charge in [0.1, 0.15) is 24.7 Å². The van der Waals surface area contributed by atoms with Crippen LogP contribution in [0.1, 0.15) is 11.1 Å². The Hall–Kier alpha value is -2.56. The van der Waals surface area contributed by atoms with Gasteiger partial charge >= 0.3 is 0 Å². The number of ether oxygens (including phenoxy) is 5. The summed E-state index contributed by atoms with van der Waals surface area (Å²) in [4.78, 5) is 0. The van der Waals surface area contributed by atoms with Crippen LogP contribution in [0.4, 0.5) is 0 Å². The van der Waals surface area contributed by atoms with E-state index in [2.05, 4.69) is 0 Å². The van der Waals surface area contributed by atoms with Crippen molar-refractivity contribution >= 4 is 0 Å². The van der Waals surface area contributed by atoms with Crippen LogP contribution in [0.5, 0.6) is 28.7 Å². The predicted octanol–water partition coefficient (Wildman–Crippen LogP) is 3.16. The van der Waals surface area contributed by atoms with Crippen LogP contribution in [0.3, 0.4) is 0 Å². The van der Waals surface area contributed by atoms with Gasteiger partial charge in [0, 0.05) is 28.3 Å². The molecule has 5 nitrogen and oxygen atoms in total. The molecule has 0 spiro atoms. The molecule has 5 heteroatoms. The number of hydrogen-bond acceptors (Lipinski definition) is 5. The molecule has 2 aliphatic rings. The number of hydrogen-bond donors (Lipinski definition) is 0. The Labute approximate surface area is 128 Å². The SMILES string of the molecule is COc1cc2c3c(c1)OCc1cc(OC)c(OC)c(c1-3)OC2. The smallest absolute Gasteiger partial charge is 0.203 e. The van der Waals surface area contributed by atoms with Gasteiger partial charge < -0.3 is 23.7 Å². The zero-order valence-corrected chi connectivity index (χ0v) is 12.7. The number of benzene rings is 2. The normalized spacial score (nSPS) is 13.6. The molecule has 2 heterocycles. The monoisotopic (exact) mass is 300 g/mol. The van der Waals surface area contributed by atoms with E-state index in [-0.39, 0.29) is 0 Å². The Morgan fingerprint density at radius 3 is 2.32 bits per heavy atom. The maximum Gasteiger partial charge on any atom is 0.203 e. The molecule has 2 aromatic rings. The summed E-state index contributed by atoms with van der Waals surface area (Å²) in [6, 6.07) is 5.84. The second kappa shape index (κ2) is 4.73. The quantitative estimate of drug-likeness (QED) is 0.871. The second-order valence-corrected chi connectivity index (χ2v) is 5.21. The van der Waals surface area contributed by atoms with Gasteiger partial charge in [-0.05, 0) is 12.1 Å². The van der Waals surface area contributed by atoms with Crippen molar-refractivity contribution < 1.29 is 23.7 Å². The van der Waals surface area contributed by atoms with Crippen LogP contribution in [0, 0.1) is 0 Å². The largest absolute Gasteiger partial charge is 0.497 e. The van der Waals surface area contributed by atoms with E-state index in [1.54, 1.807) is 21.3 Å². The summed E-state index contributed by atoms with van der Waals surface area (Å²) < 4.78 is 28.1. The molecule has 114 valence electrons. The molecule has 2 aliphatic heterocycles. The number of rotatable bonds is 3. The van der Waals surface area contributed by atoms with Gasteiger partial charge in [0.05, 0.1) is 21.3 Å². The predicted molar refractivity (Wildman–Crippen MR) is 80.2 cm³/mol. The Kier molecular flexibility index (Phi) is 2.82. The zero-order valence-electron chi connectivity index (χ0n) is 12.7. The Morgan fingerprint density at radius 2 is 1.59 bits per heavy atom. The summed E-state index contributed by atoms with van der Waals surface area (Å²) in [6.45, 7) is 0.907. The van der Waals surface area contributed by atoms with E-state index in [9.17, 15) is 0 Å². The molecule has 0 unspecified atom stereocenters. The summed E-state index contributed by atoms with van der Waals surface area (Å²) >= 11 is 0. The van der Waals surface area contributed by atoms with E-state index in [4.69, 9.17) is 23.7 Å². The minimum Gasteiger partial charge on any atom is -0.497 e. The molecule has 0 atom stereocenters. The molecular formula is C17H16O5. The lowest BCUT2D eigenvalue weighted by atomic mass is 9.89. The lowest BCUT2D eigenvalue weighted by Gasteiger charge is -2.31. The highest BCUT2D eigenvalue weighted by molar-refractivity contribution is 5.88. The standard InChI is InChI=1S/C17H16O5/c1-18-11-4-9-8-22-17-15-10(5-13(19-2)16(17)20-3)7-21-12(6-11)14(9)15/h4-6H,7-8H2,1-3H3. The first-order valence-corrected chi connectivity index (χ1v) is 7.01. The zero-order chi connectivity index (χ0) is 15.3. The van der Waals surface area contributed by atoms with Gasteiger partial charge in [-0.1, -0.05) is 0 Å². The molecule has 0 aromatic heterocycles. The first-order chi connectivity index (χ1) is 10.8. The third kappa shape index (κ3) is 1.65. The molecular weight excluding hydrogens is 284 g/mol. The van der Waals surface area contributed by atoms with E-state index in [1.165, 1.54) is 0 Å². The highest BCUT2D eigenvalue weighted by atomic mass is 16.5. The van der Waals surface area contributed by atoms with Crippen LogP contribution >= 0.6 is 0 Å². The van der Waals surface area contributed by atoms with Crippen molar-refractivity contribution in [2.75, 3.05) is 21.3 Å². The van der Waals surface area contributed by atoms with Gasteiger partial charge in [-0.15, -0.1) is 0 Å². The van der Waals surface area contributed by atoms with Gasteiger partial charge in [-0.25, -0.2) is 0 Å². The van der Waals surface area contributed by atoms with Gasteiger partial charge in [0.2, 0.25) is 5.75 Å². The molecule has 0 radical (unpaired) electrons. The minimum atomic E-state index is 0.443. The molecule has 22 heavy (non-hydrogen) atoms. The van der Waals surface area contributed by atoms with Gasteiger partial charge in [-0.2, -0.15) is 0 Å². The van der Waals surface area contributed by atoms with Gasteiger partial charge in [0.15, 0.2) is 11.5 Å². The first kappa shape index (κ1) is 13.1. The average molecular weight is 300 g/mol. The summed E-state index contributed by atoms with van der Waals surface area (Å²) in [5, 5.41) is 0. The molecule has 0 saturated heterocycles. The maximum absolute atomic E-state index is 5.97. The fourth-order valence-corrected chi connectivity index (χ4v) is 3.12. The minimum absolute atomic E-state index is 0.443. The average Bonchev–Trinajstić information content (AvgIpc) is 2.58. The van der Waals surface area contributed by atoms with Crippen molar-refractivity contribution in [1.82, 2.24) is 0 Å². The van der Waals surface area contributed by atoms with Crippen LogP contribution in [0.2, 0.25) is 0 Å². The molecule has 2 aromatic carbocycles. The van der Waals surface area contributed by atoms with E-state index in [1.807, 2.05) is 18.2 Å². The van der Waals surface area contributed by atoms with E-state index < -0.39 is 0 Å². The molecule has 0 amide bonds. The van der Waals surface area contributed by atoms with E-state index in [0.717, 1.165) is 39.5 Å². The van der Waals surface area contributed by atoms with E-state index in [0.29, 0.717) is 24.7 Å². The summed E-state index contributed by atoms with van der Waals surface area (Å²) in [6.07, 6.45) is 0. The number of methoxy groups -OCH3 is 3. The van der Waals surface area contributed by atoms with Crippen LogP contribution in [-0.2, 0) is 13.2 Å². The topological polar surface area (TPSA) is 46.2 Å². The highest BCUT2D eigenvalue weighted by Crippen LogP contribution is 2.55. The van der Waals surface area contributed by atoms with Crippen molar-refractivity contribution in [2.45, 2.75) is 13.2 Å². The highest BCUT2D eigenvalue weighted by Gasteiger charge is 2.33. The Bertz CT molecular complexity index is 749. The molecule has 0 saturated carbocycles. The second-order valence-electron chi connectivity index (χ2n) is 5.21. The van der Waals surface area contributed by atoms with Crippen molar-refractivity contribution in [2.24, 2.45) is 0 Å². The van der Waals surface area contributed by atoms with Crippen molar-refractivity contribution in [1.29, 1.82) is 0 Å². The van der Waals surface area contributed by atoms with Gasteiger partial charge in [0.25, 0.3) is 0 Å². The maximum atomic E-state index is 5.97. The van der Waals surface area contributed by atoms with Crippen LogP contribution < -0.4 is 23.7 Å². The fourth-order valence-electron chi connectivity index (χ4n) is 3.12. The molecule has 0 fully saturated rings. The summed E-state index contributed by atoms with van der Waals surface area (Å²) in [7, 11) is 4.88. The van der Waals surface area contributed by atoms with Gasteiger partial charge in [-0.3, -0.25) is 0 Å².